The summed E-state index contributed by atoms with van der Waals surface area (Å²) in [6.45, 7) is 1.53. The predicted octanol–water partition coefficient (Wildman–Crippen LogP) is 2.75. The zero-order chi connectivity index (χ0) is 17.5. The van der Waals surface area contributed by atoms with Gasteiger partial charge in [-0.2, -0.15) is 0 Å². The topological polar surface area (TPSA) is 67.4 Å². The molecule has 0 aromatic heterocycles. The highest BCUT2D eigenvalue weighted by molar-refractivity contribution is 9.10. The molecule has 2 aromatic carbocycles. The van der Waals surface area contributed by atoms with E-state index in [1.54, 1.807) is 0 Å². The van der Waals surface area contributed by atoms with Crippen molar-refractivity contribution in [3.8, 4) is 5.75 Å². The molecule has 0 aliphatic rings. The Morgan fingerprint density at radius 3 is 2.33 bits per heavy atom. The van der Waals surface area contributed by atoms with E-state index >= 15 is 0 Å². The fourth-order valence-corrected chi connectivity index (χ4v) is 2.10. The average molecular weight is 395 g/mol. The molecule has 24 heavy (non-hydrogen) atoms. The predicted molar refractivity (Wildman–Crippen MR) is 90.6 cm³/mol. The third kappa shape index (κ3) is 5.66. The summed E-state index contributed by atoms with van der Waals surface area (Å²) in [5, 5.41) is 0. The second-order valence-corrected chi connectivity index (χ2v) is 5.97. The van der Waals surface area contributed by atoms with E-state index in [-0.39, 0.29) is 18.1 Å². The van der Waals surface area contributed by atoms with Crippen molar-refractivity contribution in [1.29, 1.82) is 0 Å². The molecule has 0 saturated carbocycles. The first-order chi connectivity index (χ1) is 11.4. The molecule has 0 radical (unpaired) electrons. The van der Waals surface area contributed by atoms with Crippen LogP contribution in [0.25, 0.3) is 0 Å². The maximum absolute atomic E-state index is 12.8. The lowest BCUT2D eigenvalue weighted by Gasteiger charge is -2.15. The maximum Gasteiger partial charge on any atom is 0.279 e. The molecule has 0 heterocycles. The van der Waals surface area contributed by atoms with Crippen molar-refractivity contribution in [2.75, 3.05) is 0 Å². The summed E-state index contributed by atoms with van der Waals surface area (Å²) in [7, 11) is 0. The maximum atomic E-state index is 12.8. The first-order valence-corrected chi connectivity index (χ1v) is 7.98. The Bertz CT molecular complexity index is 705. The Balaban J connectivity index is 1.77. The van der Waals surface area contributed by atoms with Crippen LogP contribution in [0.1, 0.15) is 12.5 Å². The summed E-state index contributed by atoms with van der Waals surface area (Å²) in [5.41, 5.74) is 5.45. The summed E-state index contributed by atoms with van der Waals surface area (Å²) < 4.78 is 19.1. The van der Waals surface area contributed by atoms with Crippen LogP contribution in [0.3, 0.4) is 0 Å². The molecule has 0 aliphatic carbocycles. The number of hydrogen-bond donors (Lipinski definition) is 2. The molecule has 2 aromatic rings. The number of benzene rings is 2. The van der Waals surface area contributed by atoms with Gasteiger partial charge in [0.15, 0.2) is 6.10 Å². The standard InChI is InChI=1S/C17H16BrFN2O3/c1-11(24-15-8-6-14(19)7-9-15)17(23)21-20-16(22)10-12-2-4-13(18)5-3-12/h2-9,11H,10H2,1H3,(H,20,22)(H,21,23)/t11-/m0/s1. The molecule has 0 unspecified atom stereocenters. The van der Waals surface area contributed by atoms with Gasteiger partial charge in [0, 0.05) is 4.47 Å². The van der Waals surface area contributed by atoms with Crippen molar-refractivity contribution in [1.82, 2.24) is 10.9 Å². The second-order valence-electron chi connectivity index (χ2n) is 5.05. The third-order valence-corrected chi connectivity index (χ3v) is 3.63. The highest BCUT2D eigenvalue weighted by Gasteiger charge is 2.15. The first-order valence-electron chi connectivity index (χ1n) is 7.19. The van der Waals surface area contributed by atoms with E-state index in [0.29, 0.717) is 5.75 Å². The molecule has 0 fully saturated rings. The normalized spacial score (nSPS) is 11.5. The van der Waals surface area contributed by atoms with Crippen LogP contribution in [0, 0.1) is 5.82 Å². The zero-order valence-corrected chi connectivity index (χ0v) is 14.5. The van der Waals surface area contributed by atoms with Crippen LogP contribution in [-0.2, 0) is 16.0 Å². The number of carbonyl (C=O) groups excluding carboxylic acids is 2. The van der Waals surface area contributed by atoms with Crippen LogP contribution < -0.4 is 15.6 Å². The number of nitrogens with one attached hydrogen (secondary N) is 2. The van der Waals surface area contributed by atoms with E-state index in [9.17, 15) is 14.0 Å². The summed E-state index contributed by atoms with van der Waals surface area (Å²) in [5.74, 6) is -0.886. The number of rotatable bonds is 5. The number of carbonyl (C=O) groups is 2. The molecule has 0 spiro atoms. The lowest BCUT2D eigenvalue weighted by Crippen LogP contribution is -2.47. The largest absolute Gasteiger partial charge is 0.481 e. The van der Waals surface area contributed by atoms with Crippen LogP contribution in [0.4, 0.5) is 4.39 Å². The molecule has 2 amide bonds. The van der Waals surface area contributed by atoms with Gasteiger partial charge in [-0.3, -0.25) is 20.4 Å². The number of amides is 2. The summed E-state index contributed by atoms with van der Waals surface area (Å²) in [6, 6.07) is 12.6. The van der Waals surface area contributed by atoms with E-state index in [4.69, 9.17) is 4.74 Å². The van der Waals surface area contributed by atoms with Gasteiger partial charge in [0.05, 0.1) is 6.42 Å². The van der Waals surface area contributed by atoms with Gasteiger partial charge in [-0.1, -0.05) is 28.1 Å². The molecule has 0 aliphatic heterocycles. The number of halogens is 2. The Kier molecular flexibility index (Phi) is 6.31. The molecular formula is C17H16BrFN2O3. The van der Waals surface area contributed by atoms with E-state index in [0.717, 1.165) is 10.0 Å². The third-order valence-electron chi connectivity index (χ3n) is 3.10. The van der Waals surface area contributed by atoms with Gasteiger partial charge in [-0.15, -0.1) is 0 Å². The fraction of sp³-hybridized carbons (Fsp3) is 0.176. The van der Waals surface area contributed by atoms with Crippen molar-refractivity contribution in [3.05, 3.63) is 64.4 Å². The molecule has 5 nitrogen and oxygen atoms in total. The fourth-order valence-electron chi connectivity index (χ4n) is 1.84. The number of hydrazine groups is 1. The van der Waals surface area contributed by atoms with E-state index in [1.807, 2.05) is 24.3 Å². The Hall–Kier alpha value is -2.41. The Labute approximate surface area is 147 Å². The molecule has 0 saturated heterocycles. The van der Waals surface area contributed by atoms with Gasteiger partial charge in [0.1, 0.15) is 11.6 Å². The minimum absolute atomic E-state index is 0.140. The van der Waals surface area contributed by atoms with Crippen LogP contribution in [0.15, 0.2) is 53.0 Å². The van der Waals surface area contributed by atoms with Crippen LogP contribution in [-0.4, -0.2) is 17.9 Å². The lowest BCUT2D eigenvalue weighted by atomic mass is 10.1. The smallest absolute Gasteiger partial charge is 0.279 e. The van der Waals surface area contributed by atoms with Crippen molar-refractivity contribution in [2.45, 2.75) is 19.4 Å². The quantitative estimate of drug-likeness (QED) is 0.766. The van der Waals surface area contributed by atoms with Crippen LogP contribution in [0.2, 0.25) is 0 Å². The van der Waals surface area contributed by atoms with Crippen molar-refractivity contribution < 1.29 is 18.7 Å². The van der Waals surface area contributed by atoms with Gasteiger partial charge in [-0.05, 0) is 48.9 Å². The Morgan fingerprint density at radius 1 is 1.08 bits per heavy atom. The highest BCUT2D eigenvalue weighted by atomic mass is 79.9. The van der Waals surface area contributed by atoms with E-state index < -0.39 is 12.0 Å². The van der Waals surface area contributed by atoms with Gasteiger partial charge in [0.2, 0.25) is 5.91 Å². The van der Waals surface area contributed by atoms with Crippen molar-refractivity contribution >= 4 is 27.7 Å². The molecule has 7 heteroatoms. The van der Waals surface area contributed by atoms with Crippen LogP contribution >= 0.6 is 15.9 Å². The average Bonchev–Trinajstić information content (AvgIpc) is 2.57. The monoisotopic (exact) mass is 394 g/mol. The van der Waals surface area contributed by atoms with Gasteiger partial charge in [0.25, 0.3) is 5.91 Å². The zero-order valence-electron chi connectivity index (χ0n) is 12.9. The van der Waals surface area contributed by atoms with Gasteiger partial charge >= 0.3 is 0 Å². The number of ether oxygens (including phenoxy) is 1. The van der Waals surface area contributed by atoms with Gasteiger partial charge < -0.3 is 4.74 Å². The first kappa shape index (κ1) is 17.9. The molecule has 2 rings (SSSR count). The Morgan fingerprint density at radius 2 is 1.71 bits per heavy atom. The SMILES string of the molecule is C[C@H](Oc1ccc(F)cc1)C(=O)NNC(=O)Cc1ccc(Br)cc1. The molecule has 2 N–H and O–H groups in total. The number of hydrogen-bond acceptors (Lipinski definition) is 3. The van der Waals surface area contributed by atoms with Crippen LogP contribution in [0.5, 0.6) is 5.75 Å². The van der Waals surface area contributed by atoms with Gasteiger partial charge in [-0.25, -0.2) is 4.39 Å². The minimum Gasteiger partial charge on any atom is -0.481 e. The molecule has 1 atom stereocenters. The van der Waals surface area contributed by atoms with Crippen molar-refractivity contribution in [3.63, 3.8) is 0 Å². The summed E-state index contributed by atoms with van der Waals surface area (Å²) >= 11 is 3.32. The summed E-state index contributed by atoms with van der Waals surface area (Å²) in [6.07, 6.45) is -0.704. The second kappa shape index (κ2) is 8.44. The summed E-state index contributed by atoms with van der Waals surface area (Å²) in [4.78, 5) is 23.7. The lowest BCUT2D eigenvalue weighted by molar-refractivity contribution is -0.132. The molecule has 126 valence electrons. The van der Waals surface area contributed by atoms with E-state index in [1.165, 1.54) is 31.2 Å². The molecular weight excluding hydrogens is 379 g/mol. The van der Waals surface area contributed by atoms with E-state index in [2.05, 4.69) is 26.8 Å². The highest BCUT2D eigenvalue weighted by Crippen LogP contribution is 2.13. The molecule has 0 bridgehead atoms. The minimum atomic E-state index is -0.844. The van der Waals surface area contributed by atoms with Crippen molar-refractivity contribution in [2.24, 2.45) is 0 Å².